The summed E-state index contributed by atoms with van der Waals surface area (Å²) in [7, 11) is 1.34. The molecule has 29 heavy (non-hydrogen) atoms. The molecule has 0 aliphatic carbocycles. The molecule has 150 valence electrons. The Labute approximate surface area is 168 Å². The van der Waals surface area contributed by atoms with Crippen molar-refractivity contribution in [2.45, 2.75) is 0 Å². The van der Waals surface area contributed by atoms with Crippen molar-refractivity contribution in [1.29, 1.82) is 0 Å². The highest BCUT2D eigenvalue weighted by Gasteiger charge is 2.11. The molecule has 0 saturated heterocycles. The minimum Gasteiger partial charge on any atom is -0.465 e. The number of aromatic nitrogens is 3. The number of benzene rings is 1. The fourth-order valence-corrected chi connectivity index (χ4v) is 2.65. The van der Waals surface area contributed by atoms with Crippen LogP contribution in [-0.4, -0.2) is 59.5 Å². The quantitative estimate of drug-likeness (QED) is 0.421. The van der Waals surface area contributed by atoms with Crippen LogP contribution in [0.2, 0.25) is 0 Å². The summed E-state index contributed by atoms with van der Waals surface area (Å²) < 4.78 is 10.1. The second-order valence-corrected chi connectivity index (χ2v) is 6.04. The summed E-state index contributed by atoms with van der Waals surface area (Å²) in [6, 6.07) is 8.92. The third-order valence-electron chi connectivity index (χ3n) is 4.02. The predicted octanol–water partition coefficient (Wildman–Crippen LogP) is 2.40. The van der Waals surface area contributed by atoms with Crippen molar-refractivity contribution < 1.29 is 19.4 Å². The van der Waals surface area contributed by atoms with Crippen LogP contribution in [0.4, 0.5) is 5.82 Å². The van der Waals surface area contributed by atoms with Gasteiger partial charge in [0.05, 0.1) is 38.0 Å². The summed E-state index contributed by atoms with van der Waals surface area (Å²) in [6.07, 6.45) is 7.14. The number of aliphatic hydroxyl groups excluding tert-OH is 1. The molecule has 2 heterocycles. The molecule has 0 radical (unpaired) electrons. The Hall–Kier alpha value is -3.36. The zero-order valence-electron chi connectivity index (χ0n) is 16.0. The van der Waals surface area contributed by atoms with Gasteiger partial charge in [-0.25, -0.2) is 14.8 Å². The molecule has 8 nitrogen and oxygen atoms in total. The molecule has 8 heteroatoms. The van der Waals surface area contributed by atoms with Gasteiger partial charge in [-0.15, -0.1) is 0 Å². The number of hydrogen-bond donors (Lipinski definition) is 2. The highest BCUT2D eigenvalue weighted by molar-refractivity contribution is 5.98. The number of rotatable bonds is 9. The Morgan fingerprint density at radius 2 is 2.10 bits per heavy atom. The van der Waals surface area contributed by atoms with Crippen LogP contribution < -0.4 is 5.32 Å². The van der Waals surface area contributed by atoms with Crippen molar-refractivity contribution >= 4 is 34.8 Å². The van der Waals surface area contributed by atoms with Crippen LogP contribution in [0.3, 0.4) is 0 Å². The average Bonchev–Trinajstić information content (AvgIpc) is 2.77. The number of carbonyl (C=O) groups excluding carboxylic acids is 1. The molecule has 0 saturated carbocycles. The van der Waals surface area contributed by atoms with Crippen LogP contribution in [-0.2, 0) is 9.47 Å². The maximum atomic E-state index is 11.9. The highest BCUT2D eigenvalue weighted by Crippen LogP contribution is 2.23. The maximum absolute atomic E-state index is 11.9. The lowest BCUT2D eigenvalue weighted by Gasteiger charge is -2.11. The minimum absolute atomic E-state index is 0.0256. The zero-order valence-corrected chi connectivity index (χ0v) is 16.0. The fourth-order valence-electron chi connectivity index (χ4n) is 2.65. The third kappa shape index (κ3) is 5.56. The van der Waals surface area contributed by atoms with Gasteiger partial charge in [0.15, 0.2) is 5.82 Å². The van der Waals surface area contributed by atoms with Crippen molar-refractivity contribution in [2.75, 3.05) is 38.8 Å². The molecule has 0 aliphatic rings. The molecule has 3 rings (SSSR count). The molecule has 0 fully saturated rings. The van der Waals surface area contributed by atoms with Crippen LogP contribution in [0.25, 0.3) is 23.1 Å². The van der Waals surface area contributed by atoms with E-state index >= 15 is 0 Å². The van der Waals surface area contributed by atoms with Crippen molar-refractivity contribution in [3.05, 3.63) is 59.7 Å². The fraction of sp³-hybridized carbons (Fsp3) is 0.238. The second kappa shape index (κ2) is 10.3. The second-order valence-electron chi connectivity index (χ2n) is 6.04. The third-order valence-corrected chi connectivity index (χ3v) is 4.02. The SMILES string of the molecule is COC(=O)c1ccc2nc(/C=C/c3cccnc3)nc(NCCOCCO)c2c1. The Balaban J connectivity index is 1.92. The van der Waals surface area contributed by atoms with Gasteiger partial charge in [0, 0.05) is 24.3 Å². The largest absolute Gasteiger partial charge is 0.465 e. The van der Waals surface area contributed by atoms with Gasteiger partial charge in [0.25, 0.3) is 0 Å². The lowest BCUT2D eigenvalue weighted by Crippen LogP contribution is -2.13. The zero-order chi connectivity index (χ0) is 20.5. The van der Waals surface area contributed by atoms with E-state index in [1.165, 1.54) is 7.11 Å². The molecule has 0 unspecified atom stereocenters. The molecule has 0 atom stereocenters. The summed E-state index contributed by atoms with van der Waals surface area (Å²) in [5.74, 6) is 0.676. The van der Waals surface area contributed by atoms with Gasteiger partial charge >= 0.3 is 5.97 Å². The molecular formula is C21H22N4O4. The number of carbonyl (C=O) groups is 1. The van der Waals surface area contributed by atoms with E-state index in [1.54, 1.807) is 36.7 Å². The summed E-state index contributed by atoms with van der Waals surface area (Å²) in [5.41, 5.74) is 2.04. The lowest BCUT2D eigenvalue weighted by atomic mass is 10.1. The Morgan fingerprint density at radius 3 is 2.86 bits per heavy atom. The number of ether oxygens (including phenoxy) is 2. The van der Waals surface area contributed by atoms with Gasteiger partial charge in [-0.2, -0.15) is 0 Å². The molecule has 2 N–H and O–H groups in total. The molecule has 3 aromatic rings. The molecule has 0 aliphatic heterocycles. The minimum atomic E-state index is -0.426. The number of nitrogens with zero attached hydrogens (tertiary/aromatic N) is 3. The topological polar surface area (TPSA) is 106 Å². The Morgan fingerprint density at radius 1 is 1.21 bits per heavy atom. The number of fused-ring (bicyclic) bond motifs is 1. The van der Waals surface area contributed by atoms with Crippen molar-refractivity contribution in [1.82, 2.24) is 15.0 Å². The molecule has 2 aromatic heterocycles. The van der Waals surface area contributed by atoms with Crippen molar-refractivity contribution in [3.63, 3.8) is 0 Å². The van der Waals surface area contributed by atoms with E-state index in [0.29, 0.717) is 41.3 Å². The Bertz CT molecular complexity index is 993. The van der Waals surface area contributed by atoms with E-state index in [9.17, 15) is 4.79 Å². The van der Waals surface area contributed by atoms with E-state index in [0.717, 1.165) is 5.56 Å². The summed E-state index contributed by atoms with van der Waals surface area (Å²) in [4.78, 5) is 25.1. The normalized spacial score (nSPS) is 11.1. The van der Waals surface area contributed by atoms with E-state index in [-0.39, 0.29) is 13.2 Å². The van der Waals surface area contributed by atoms with Gasteiger partial charge in [0.2, 0.25) is 0 Å². The van der Waals surface area contributed by atoms with Gasteiger partial charge in [-0.05, 0) is 42.0 Å². The van der Waals surface area contributed by atoms with E-state index in [1.807, 2.05) is 18.2 Å². The molecule has 0 bridgehead atoms. The van der Waals surface area contributed by atoms with Crippen LogP contribution in [0.1, 0.15) is 21.7 Å². The van der Waals surface area contributed by atoms with E-state index < -0.39 is 5.97 Å². The number of aliphatic hydroxyl groups is 1. The van der Waals surface area contributed by atoms with Crippen molar-refractivity contribution in [2.24, 2.45) is 0 Å². The first-order valence-corrected chi connectivity index (χ1v) is 9.12. The van der Waals surface area contributed by atoms with Gasteiger partial charge in [-0.1, -0.05) is 6.07 Å². The van der Waals surface area contributed by atoms with Gasteiger partial charge < -0.3 is 19.9 Å². The highest BCUT2D eigenvalue weighted by atomic mass is 16.5. The first-order chi connectivity index (χ1) is 14.2. The number of methoxy groups -OCH3 is 1. The van der Waals surface area contributed by atoms with E-state index in [4.69, 9.17) is 14.6 Å². The summed E-state index contributed by atoms with van der Waals surface area (Å²) in [6.45, 7) is 1.14. The number of esters is 1. The summed E-state index contributed by atoms with van der Waals surface area (Å²) >= 11 is 0. The van der Waals surface area contributed by atoms with Crippen LogP contribution in [0, 0.1) is 0 Å². The van der Waals surface area contributed by atoms with Crippen LogP contribution >= 0.6 is 0 Å². The van der Waals surface area contributed by atoms with Gasteiger partial charge in [0.1, 0.15) is 5.82 Å². The smallest absolute Gasteiger partial charge is 0.337 e. The molecule has 1 aromatic carbocycles. The first-order valence-electron chi connectivity index (χ1n) is 9.12. The van der Waals surface area contributed by atoms with Gasteiger partial charge in [-0.3, -0.25) is 4.98 Å². The average molecular weight is 394 g/mol. The predicted molar refractivity (Wildman–Crippen MR) is 110 cm³/mol. The number of anilines is 1. The molecule has 0 spiro atoms. The number of nitrogens with one attached hydrogen (secondary N) is 1. The standard InChI is InChI=1S/C21H22N4O4/c1-28-21(27)16-5-6-18-17(13-16)20(23-9-11-29-12-10-26)25-19(24-18)7-4-15-3-2-8-22-14-15/h2-8,13-14,26H,9-12H2,1H3,(H,23,24,25)/b7-4+. The van der Waals surface area contributed by atoms with Crippen molar-refractivity contribution in [3.8, 4) is 0 Å². The first kappa shape index (κ1) is 20.4. The van der Waals surface area contributed by atoms with E-state index in [2.05, 4.69) is 20.3 Å². The number of hydrogen-bond acceptors (Lipinski definition) is 8. The van der Waals surface area contributed by atoms with Crippen LogP contribution in [0.5, 0.6) is 0 Å². The molecular weight excluding hydrogens is 372 g/mol. The Kier molecular flexibility index (Phi) is 7.21. The van der Waals surface area contributed by atoms with Crippen LogP contribution in [0.15, 0.2) is 42.7 Å². The lowest BCUT2D eigenvalue weighted by molar-refractivity contribution is 0.0601. The summed E-state index contributed by atoms with van der Waals surface area (Å²) in [5, 5.41) is 12.7. The number of pyridine rings is 1. The monoisotopic (exact) mass is 394 g/mol. The molecule has 0 amide bonds. The maximum Gasteiger partial charge on any atom is 0.337 e.